The van der Waals surface area contributed by atoms with E-state index < -0.39 is 16.4 Å². The van der Waals surface area contributed by atoms with Gasteiger partial charge in [0, 0.05) is 13.0 Å². The van der Waals surface area contributed by atoms with Crippen molar-refractivity contribution in [1.82, 2.24) is 0 Å². The Morgan fingerprint density at radius 1 is 1.73 bits per heavy atom. The SMILES string of the molecule is C[C@@](O)(CCO)C(Br)C(=O)O. The zero-order valence-corrected chi connectivity index (χ0v) is 7.71. The molecule has 0 aliphatic rings. The van der Waals surface area contributed by atoms with Gasteiger partial charge in [-0.05, 0) is 6.92 Å². The monoisotopic (exact) mass is 226 g/mol. The van der Waals surface area contributed by atoms with Crippen molar-refractivity contribution in [3.63, 3.8) is 0 Å². The molecule has 0 aliphatic heterocycles. The Morgan fingerprint density at radius 3 is 2.45 bits per heavy atom. The molecule has 1 unspecified atom stereocenters. The van der Waals surface area contributed by atoms with Gasteiger partial charge in [-0.2, -0.15) is 0 Å². The van der Waals surface area contributed by atoms with Gasteiger partial charge in [0.1, 0.15) is 4.83 Å². The van der Waals surface area contributed by atoms with Gasteiger partial charge < -0.3 is 15.3 Å². The van der Waals surface area contributed by atoms with Gasteiger partial charge in [0.25, 0.3) is 0 Å². The van der Waals surface area contributed by atoms with Crippen molar-refractivity contribution in [2.24, 2.45) is 0 Å². The lowest BCUT2D eigenvalue weighted by Crippen LogP contribution is -2.41. The zero-order chi connectivity index (χ0) is 9.07. The second-order valence-electron chi connectivity index (χ2n) is 2.53. The molecule has 0 bridgehead atoms. The van der Waals surface area contributed by atoms with Gasteiger partial charge in [-0.25, -0.2) is 0 Å². The fourth-order valence-electron chi connectivity index (χ4n) is 0.619. The van der Waals surface area contributed by atoms with Crippen molar-refractivity contribution < 1.29 is 20.1 Å². The Kier molecular flexibility index (Phi) is 3.99. The molecule has 5 heteroatoms. The van der Waals surface area contributed by atoms with Crippen molar-refractivity contribution in [1.29, 1.82) is 0 Å². The summed E-state index contributed by atoms with van der Waals surface area (Å²) in [5, 5.41) is 26.3. The number of aliphatic carboxylic acids is 1. The lowest BCUT2D eigenvalue weighted by atomic mass is 9.99. The van der Waals surface area contributed by atoms with E-state index >= 15 is 0 Å². The lowest BCUT2D eigenvalue weighted by molar-refractivity contribution is -0.140. The summed E-state index contributed by atoms with van der Waals surface area (Å²) in [5.74, 6) is -1.14. The van der Waals surface area contributed by atoms with Gasteiger partial charge in [-0.15, -0.1) is 0 Å². The van der Waals surface area contributed by atoms with Crippen LogP contribution in [0, 0.1) is 0 Å². The third-order valence-electron chi connectivity index (χ3n) is 1.38. The first-order valence-corrected chi connectivity index (χ1v) is 4.03. The number of alkyl halides is 1. The molecule has 0 aromatic heterocycles. The van der Waals surface area contributed by atoms with Crippen LogP contribution < -0.4 is 0 Å². The maximum absolute atomic E-state index is 10.3. The predicted molar refractivity (Wildman–Crippen MR) is 42.7 cm³/mol. The maximum atomic E-state index is 10.3. The van der Waals surface area contributed by atoms with Crippen molar-refractivity contribution in [2.75, 3.05) is 6.61 Å². The zero-order valence-electron chi connectivity index (χ0n) is 6.12. The molecular weight excluding hydrogens is 216 g/mol. The van der Waals surface area contributed by atoms with Crippen LogP contribution in [0.15, 0.2) is 0 Å². The summed E-state index contributed by atoms with van der Waals surface area (Å²) in [6.45, 7) is 1.12. The van der Waals surface area contributed by atoms with Crippen LogP contribution in [0.2, 0.25) is 0 Å². The molecule has 0 amide bonds. The number of carboxylic acid groups (broad SMARTS) is 1. The van der Waals surface area contributed by atoms with E-state index in [4.69, 9.17) is 10.2 Å². The van der Waals surface area contributed by atoms with Crippen LogP contribution in [0.4, 0.5) is 0 Å². The van der Waals surface area contributed by atoms with Crippen molar-refractivity contribution in [3.05, 3.63) is 0 Å². The van der Waals surface area contributed by atoms with Gasteiger partial charge in [0.05, 0.1) is 5.60 Å². The van der Waals surface area contributed by atoms with Crippen LogP contribution in [-0.2, 0) is 4.79 Å². The number of hydrogen-bond acceptors (Lipinski definition) is 3. The van der Waals surface area contributed by atoms with E-state index in [2.05, 4.69) is 15.9 Å². The summed E-state index contributed by atoms with van der Waals surface area (Å²) in [6.07, 6.45) is 0.0369. The van der Waals surface area contributed by atoms with Crippen LogP contribution in [0.5, 0.6) is 0 Å². The Balaban J connectivity index is 4.16. The first-order valence-electron chi connectivity index (χ1n) is 3.12. The molecule has 0 aromatic rings. The average molecular weight is 227 g/mol. The van der Waals surface area contributed by atoms with Crippen LogP contribution in [0.3, 0.4) is 0 Å². The summed E-state index contributed by atoms with van der Waals surface area (Å²) >= 11 is 2.80. The van der Waals surface area contributed by atoms with E-state index in [0.717, 1.165) is 0 Å². The fourth-order valence-corrected chi connectivity index (χ4v) is 0.848. The van der Waals surface area contributed by atoms with Crippen LogP contribution in [0.25, 0.3) is 0 Å². The van der Waals surface area contributed by atoms with E-state index in [1.54, 1.807) is 0 Å². The number of aliphatic hydroxyl groups excluding tert-OH is 1. The van der Waals surface area contributed by atoms with Crippen LogP contribution >= 0.6 is 15.9 Å². The van der Waals surface area contributed by atoms with Crippen molar-refractivity contribution in [3.8, 4) is 0 Å². The van der Waals surface area contributed by atoms with Gasteiger partial charge in [-0.1, -0.05) is 15.9 Å². The summed E-state index contributed by atoms with van der Waals surface area (Å²) in [5.41, 5.74) is -1.40. The molecule has 2 atom stereocenters. The highest BCUT2D eigenvalue weighted by atomic mass is 79.9. The molecule has 4 nitrogen and oxygen atoms in total. The number of rotatable bonds is 4. The maximum Gasteiger partial charge on any atom is 0.320 e. The third kappa shape index (κ3) is 3.18. The molecule has 0 rings (SSSR count). The predicted octanol–water partition coefficient (Wildman–Crippen LogP) is -0.0321. The Bertz CT molecular complexity index is 146. The highest BCUT2D eigenvalue weighted by molar-refractivity contribution is 9.10. The molecular formula is C6H11BrO4. The fraction of sp³-hybridized carbons (Fsp3) is 0.833. The Hall–Kier alpha value is -0.130. The van der Waals surface area contributed by atoms with Crippen molar-refractivity contribution in [2.45, 2.75) is 23.8 Å². The van der Waals surface area contributed by atoms with Crippen LogP contribution in [-0.4, -0.2) is 38.3 Å². The Morgan fingerprint density at radius 2 is 2.18 bits per heavy atom. The topological polar surface area (TPSA) is 77.8 Å². The van der Waals surface area contributed by atoms with Gasteiger partial charge in [0.15, 0.2) is 0 Å². The van der Waals surface area contributed by atoms with E-state index in [1.165, 1.54) is 6.92 Å². The number of carbonyl (C=O) groups is 1. The molecule has 0 fully saturated rings. The van der Waals surface area contributed by atoms with Gasteiger partial charge >= 0.3 is 5.97 Å². The van der Waals surface area contributed by atoms with E-state index in [9.17, 15) is 9.90 Å². The smallest absolute Gasteiger partial charge is 0.320 e. The largest absolute Gasteiger partial charge is 0.480 e. The average Bonchev–Trinajstić information content (AvgIpc) is 1.86. The molecule has 0 spiro atoms. The number of hydrogen-bond donors (Lipinski definition) is 3. The summed E-state index contributed by atoms with van der Waals surface area (Å²) in [6, 6.07) is 0. The number of aliphatic hydroxyl groups is 2. The standard InChI is InChI=1S/C6H11BrO4/c1-6(11,2-3-8)4(7)5(9)10/h4,8,11H,2-3H2,1H3,(H,9,10)/t4?,6-/m1/s1. The highest BCUT2D eigenvalue weighted by Crippen LogP contribution is 2.21. The molecule has 0 aromatic carbocycles. The van der Waals surface area contributed by atoms with Crippen LogP contribution in [0.1, 0.15) is 13.3 Å². The Labute approximate surface area is 73.0 Å². The molecule has 3 N–H and O–H groups in total. The molecule has 0 saturated carbocycles. The van der Waals surface area contributed by atoms with Gasteiger partial charge in [-0.3, -0.25) is 4.79 Å². The van der Waals surface area contributed by atoms with E-state index in [1.807, 2.05) is 0 Å². The first-order chi connectivity index (χ1) is 4.91. The minimum Gasteiger partial charge on any atom is -0.480 e. The van der Waals surface area contributed by atoms with E-state index in [0.29, 0.717) is 0 Å². The molecule has 0 aliphatic carbocycles. The van der Waals surface area contributed by atoms with Crippen molar-refractivity contribution >= 4 is 21.9 Å². The summed E-state index contributed by atoms with van der Waals surface area (Å²) in [7, 11) is 0. The lowest BCUT2D eigenvalue weighted by Gasteiger charge is -2.24. The molecule has 11 heavy (non-hydrogen) atoms. The van der Waals surface area contributed by atoms with E-state index in [-0.39, 0.29) is 13.0 Å². The molecule has 0 radical (unpaired) electrons. The first kappa shape index (κ1) is 10.9. The normalized spacial score (nSPS) is 18.9. The summed E-state index contributed by atoms with van der Waals surface area (Å²) < 4.78 is 0. The van der Waals surface area contributed by atoms with Gasteiger partial charge in [0.2, 0.25) is 0 Å². The quantitative estimate of drug-likeness (QED) is 0.589. The summed E-state index contributed by atoms with van der Waals surface area (Å²) in [4.78, 5) is 9.29. The molecule has 0 heterocycles. The number of carboxylic acids is 1. The minimum absolute atomic E-state index is 0.0369. The second kappa shape index (κ2) is 4.04. The highest BCUT2D eigenvalue weighted by Gasteiger charge is 2.34. The third-order valence-corrected chi connectivity index (χ3v) is 2.76. The second-order valence-corrected chi connectivity index (χ2v) is 3.45. The molecule has 0 saturated heterocycles. The number of halogens is 1. The molecule has 66 valence electrons. The minimum atomic E-state index is -1.40.